The largest absolute Gasteiger partial charge is 0.497 e. The van der Waals surface area contributed by atoms with Crippen LogP contribution in [0.4, 0.5) is 0 Å². The Hall–Kier alpha value is -3.25. The second kappa shape index (κ2) is 11.2. The SMILES string of the molecule is COc1ccc(S(=O)(=O)N(Cc2ccc3c(c2)OCO3)[C@H](CSc2ccc(C)cc2)C(=O)NO)cc1. The molecule has 0 saturated carbocycles. The molecule has 0 aromatic heterocycles. The number of aryl methyl sites for hydroxylation is 1. The molecule has 1 aliphatic rings. The van der Waals surface area contributed by atoms with E-state index in [-0.39, 0.29) is 24.0 Å². The number of hydrogen-bond acceptors (Lipinski definition) is 8. The number of ether oxygens (including phenoxy) is 3. The summed E-state index contributed by atoms with van der Waals surface area (Å²) in [5.41, 5.74) is 3.31. The molecule has 0 saturated heterocycles. The van der Waals surface area contributed by atoms with Crippen molar-refractivity contribution in [3.8, 4) is 17.2 Å². The molecule has 0 unspecified atom stereocenters. The van der Waals surface area contributed by atoms with Crippen molar-refractivity contribution in [1.29, 1.82) is 0 Å². The smallest absolute Gasteiger partial charge is 0.262 e. The molecular formula is C25H26N2O7S2. The predicted molar refractivity (Wildman–Crippen MR) is 134 cm³/mol. The molecule has 9 nitrogen and oxygen atoms in total. The maximum absolute atomic E-state index is 13.8. The third-order valence-electron chi connectivity index (χ3n) is 5.63. The number of carbonyl (C=O) groups excluding carboxylic acids is 1. The molecule has 1 amide bonds. The van der Waals surface area contributed by atoms with Crippen molar-refractivity contribution >= 4 is 27.7 Å². The van der Waals surface area contributed by atoms with Gasteiger partial charge in [-0.2, -0.15) is 4.31 Å². The van der Waals surface area contributed by atoms with Crippen LogP contribution >= 0.6 is 11.8 Å². The molecule has 0 aliphatic carbocycles. The van der Waals surface area contributed by atoms with Gasteiger partial charge in [-0.1, -0.05) is 23.8 Å². The van der Waals surface area contributed by atoms with Gasteiger partial charge >= 0.3 is 0 Å². The van der Waals surface area contributed by atoms with E-state index in [1.54, 1.807) is 23.7 Å². The van der Waals surface area contributed by atoms with Gasteiger partial charge in [-0.3, -0.25) is 10.0 Å². The molecule has 1 heterocycles. The molecule has 3 aromatic carbocycles. The topological polar surface area (TPSA) is 114 Å². The van der Waals surface area contributed by atoms with Gasteiger partial charge in [0.1, 0.15) is 11.8 Å². The quantitative estimate of drug-likeness (QED) is 0.232. The summed E-state index contributed by atoms with van der Waals surface area (Å²) in [6, 6.07) is 17.4. The van der Waals surface area contributed by atoms with Crippen LogP contribution in [-0.4, -0.2) is 49.5 Å². The minimum atomic E-state index is -4.18. The third kappa shape index (κ3) is 5.76. The van der Waals surface area contributed by atoms with Gasteiger partial charge in [0.2, 0.25) is 16.8 Å². The van der Waals surface area contributed by atoms with E-state index in [0.717, 1.165) is 14.8 Å². The van der Waals surface area contributed by atoms with E-state index in [1.165, 1.54) is 43.1 Å². The van der Waals surface area contributed by atoms with Gasteiger partial charge in [0, 0.05) is 17.2 Å². The Bertz CT molecular complexity index is 1310. The Morgan fingerprint density at radius 1 is 1.08 bits per heavy atom. The average molecular weight is 531 g/mol. The molecule has 11 heteroatoms. The summed E-state index contributed by atoms with van der Waals surface area (Å²) in [5, 5.41) is 9.50. The number of hydroxylamine groups is 1. The molecule has 1 aliphatic heterocycles. The lowest BCUT2D eigenvalue weighted by atomic mass is 10.2. The summed E-state index contributed by atoms with van der Waals surface area (Å²) in [6.45, 7) is 1.90. The molecule has 36 heavy (non-hydrogen) atoms. The highest BCUT2D eigenvalue weighted by atomic mass is 32.2. The van der Waals surface area contributed by atoms with E-state index in [4.69, 9.17) is 14.2 Å². The minimum Gasteiger partial charge on any atom is -0.497 e. The first-order valence-electron chi connectivity index (χ1n) is 11.0. The van der Waals surface area contributed by atoms with Gasteiger partial charge in [0.25, 0.3) is 5.91 Å². The molecule has 190 valence electrons. The summed E-state index contributed by atoms with van der Waals surface area (Å²) >= 11 is 1.31. The van der Waals surface area contributed by atoms with E-state index in [9.17, 15) is 18.4 Å². The van der Waals surface area contributed by atoms with Crippen molar-refractivity contribution in [1.82, 2.24) is 9.79 Å². The van der Waals surface area contributed by atoms with Crippen molar-refractivity contribution in [2.75, 3.05) is 19.7 Å². The maximum atomic E-state index is 13.8. The van der Waals surface area contributed by atoms with Crippen molar-refractivity contribution in [2.24, 2.45) is 0 Å². The zero-order valence-corrected chi connectivity index (χ0v) is 21.3. The van der Waals surface area contributed by atoms with Crippen molar-refractivity contribution in [2.45, 2.75) is 29.3 Å². The fraction of sp³-hybridized carbons (Fsp3) is 0.240. The summed E-state index contributed by atoms with van der Waals surface area (Å²) < 4.78 is 44.7. The van der Waals surface area contributed by atoms with E-state index < -0.39 is 22.0 Å². The number of methoxy groups -OCH3 is 1. The van der Waals surface area contributed by atoms with Crippen LogP contribution in [0.2, 0.25) is 0 Å². The van der Waals surface area contributed by atoms with Gasteiger partial charge in [0.15, 0.2) is 11.5 Å². The molecule has 0 bridgehead atoms. The number of benzene rings is 3. The van der Waals surface area contributed by atoms with Gasteiger partial charge in [-0.15, -0.1) is 11.8 Å². The normalized spacial score (nSPS) is 13.4. The van der Waals surface area contributed by atoms with Crippen LogP contribution in [0.1, 0.15) is 11.1 Å². The summed E-state index contributed by atoms with van der Waals surface area (Å²) in [7, 11) is -2.70. The zero-order chi connectivity index (χ0) is 25.7. The number of carbonyl (C=O) groups is 1. The van der Waals surface area contributed by atoms with Crippen LogP contribution in [0.3, 0.4) is 0 Å². The van der Waals surface area contributed by atoms with Crippen LogP contribution < -0.4 is 19.7 Å². The number of fused-ring (bicyclic) bond motifs is 1. The third-order valence-corrected chi connectivity index (χ3v) is 8.59. The second-order valence-electron chi connectivity index (χ2n) is 8.03. The molecule has 4 rings (SSSR count). The number of thioether (sulfide) groups is 1. The Morgan fingerprint density at radius 2 is 1.78 bits per heavy atom. The Balaban J connectivity index is 1.71. The number of sulfonamides is 1. The monoisotopic (exact) mass is 530 g/mol. The van der Waals surface area contributed by atoms with Crippen molar-refractivity contribution in [3.05, 3.63) is 77.9 Å². The van der Waals surface area contributed by atoms with Crippen LogP contribution in [0.15, 0.2) is 76.5 Å². The first-order valence-corrected chi connectivity index (χ1v) is 13.4. The fourth-order valence-corrected chi connectivity index (χ4v) is 6.32. The Labute approximate surface area is 214 Å². The Kier molecular flexibility index (Phi) is 8.04. The van der Waals surface area contributed by atoms with Gasteiger partial charge < -0.3 is 14.2 Å². The highest BCUT2D eigenvalue weighted by Gasteiger charge is 2.36. The van der Waals surface area contributed by atoms with Gasteiger partial charge in [-0.25, -0.2) is 13.9 Å². The summed E-state index contributed by atoms with van der Waals surface area (Å²) in [5.74, 6) is 0.771. The first kappa shape index (κ1) is 25.8. The maximum Gasteiger partial charge on any atom is 0.262 e. The number of hydrogen-bond donors (Lipinski definition) is 2. The summed E-state index contributed by atoms with van der Waals surface area (Å²) in [4.78, 5) is 13.7. The Morgan fingerprint density at radius 3 is 2.44 bits per heavy atom. The van der Waals surface area contributed by atoms with Crippen molar-refractivity contribution < 1.29 is 32.6 Å². The molecule has 3 aromatic rings. The average Bonchev–Trinajstić information content (AvgIpc) is 3.37. The molecule has 1 atom stereocenters. The van der Waals surface area contributed by atoms with Gasteiger partial charge in [-0.05, 0) is 61.0 Å². The number of nitrogens with zero attached hydrogens (tertiary/aromatic N) is 1. The first-order chi connectivity index (χ1) is 17.3. The highest BCUT2D eigenvalue weighted by molar-refractivity contribution is 7.99. The zero-order valence-electron chi connectivity index (χ0n) is 19.7. The van der Waals surface area contributed by atoms with Crippen molar-refractivity contribution in [3.63, 3.8) is 0 Å². The van der Waals surface area contributed by atoms with Crippen LogP contribution in [0, 0.1) is 6.92 Å². The predicted octanol–water partition coefficient (Wildman–Crippen LogP) is 3.59. The van der Waals surface area contributed by atoms with E-state index >= 15 is 0 Å². The molecule has 2 N–H and O–H groups in total. The standard InChI is InChI=1S/C25H26N2O7S2/c1-17-3-8-20(9-4-17)35-15-22(25(28)26-29)27(14-18-5-12-23-24(13-18)34-16-33-23)36(30,31)21-10-6-19(32-2)7-11-21/h3-13,22,29H,14-16H2,1-2H3,(H,26,28)/t22-/m1/s1. The number of amides is 1. The lowest BCUT2D eigenvalue weighted by molar-refractivity contribution is -0.132. The lowest BCUT2D eigenvalue weighted by Gasteiger charge is -2.29. The molecule has 0 fully saturated rings. The minimum absolute atomic E-state index is 0.0138. The second-order valence-corrected chi connectivity index (χ2v) is 11.0. The van der Waals surface area contributed by atoms with Gasteiger partial charge in [0.05, 0.1) is 12.0 Å². The lowest BCUT2D eigenvalue weighted by Crippen LogP contribution is -2.50. The molecular weight excluding hydrogens is 504 g/mol. The number of rotatable bonds is 10. The van der Waals surface area contributed by atoms with Crippen LogP contribution in [0.5, 0.6) is 17.2 Å². The van der Waals surface area contributed by atoms with Crippen LogP contribution in [0.25, 0.3) is 0 Å². The summed E-state index contributed by atoms with van der Waals surface area (Å²) in [6.07, 6.45) is 0. The van der Waals surface area contributed by atoms with E-state index in [1.807, 2.05) is 31.2 Å². The molecule has 0 spiro atoms. The number of nitrogens with one attached hydrogen (secondary N) is 1. The fourth-order valence-electron chi connectivity index (χ4n) is 3.64. The van der Waals surface area contributed by atoms with Crippen LogP contribution in [-0.2, 0) is 21.4 Å². The van der Waals surface area contributed by atoms with E-state index in [0.29, 0.717) is 22.8 Å². The highest BCUT2D eigenvalue weighted by Crippen LogP contribution is 2.34. The molecule has 0 radical (unpaired) electrons. The van der Waals surface area contributed by atoms with E-state index in [2.05, 4.69) is 0 Å².